The van der Waals surface area contributed by atoms with E-state index < -0.39 is 0 Å². The Morgan fingerprint density at radius 1 is 1.31 bits per heavy atom. The molecular weight excluding hydrogens is 202 g/mol. The summed E-state index contributed by atoms with van der Waals surface area (Å²) in [5.41, 5.74) is 1.39. The van der Waals surface area contributed by atoms with Crippen molar-refractivity contribution in [3.05, 3.63) is 30.1 Å². The number of piperazine rings is 1. The highest BCUT2D eigenvalue weighted by molar-refractivity contribution is 5.24. The maximum absolute atomic E-state index is 5.46. The molecule has 3 rings (SSSR count). The van der Waals surface area contributed by atoms with Gasteiger partial charge in [-0.1, -0.05) is 6.07 Å². The van der Waals surface area contributed by atoms with Gasteiger partial charge in [-0.25, -0.2) is 0 Å². The van der Waals surface area contributed by atoms with Gasteiger partial charge >= 0.3 is 0 Å². The predicted molar refractivity (Wildman–Crippen MR) is 61.2 cm³/mol. The number of hydrogen-bond donors (Lipinski definition) is 1. The summed E-state index contributed by atoms with van der Waals surface area (Å²) in [6.45, 7) is 5.94. The molecule has 86 valence electrons. The van der Waals surface area contributed by atoms with Gasteiger partial charge in [-0.05, 0) is 11.6 Å². The lowest BCUT2D eigenvalue weighted by Crippen LogP contribution is -2.63. The lowest BCUT2D eigenvalue weighted by atomic mass is 9.86. The molecule has 0 aliphatic carbocycles. The van der Waals surface area contributed by atoms with E-state index in [0.29, 0.717) is 0 Å². The summed E-state index contributed by atoms with van der Waals surface area (Å²) in [5.74, 6) is 0. The van der Waals surface area contributed by atoms with Crippen molar-refractivity contribution in [2.24, 2.45) is 0 Å². The fourth-order valence-electron chi connectivity index (χ4n) is 2.56. The van der Waals surface area contributed by atoms with E-state index >= 15 is 0 Å². The highest BCUT2D eigenvalue weighted by atomic mass is 16.5. The van der Waals surface area contributed by atoms with Gasteiger partial charge in [-0.15, -0.1) is 0 Å². The van der Waals surface area contributed by atoms with Crippen LogP contribution in [-0.2, 0) is 10.3 Å². The Morgan fingerprint density at radius 2 is 2.12 bits per heavy atom. The number of pyridine rings is 1. The first kappa shape index (κ1) is 10.2. The van der Waals surface area contributed by atoms with E-state index in [-0.39, 0.29) is 5.54 Å². The van der Waals surface area contributed by atoms with Crippen LogP contribution in [0.1, 0.15) is 5.56 Å². The molecule has 2 aliphatic heterocycles. The molecular formula is C12H17N3O. The maximum Gasteiger partial charge on any atom is 0.0949 e. The molecule has 0 unspecified atom stereocenters. The molecule has 4 nitrogen and oxygen atoms in total. The minimum atomic E-state index is 0.0936. The van der Waals surface area contributed by atoms with Crippen molar-refractivity contribution in [2.45, 2.75) is 5.54 Å². The SMILES string of the molecule is c1cncc(C2(N3CCNCC3)COC2)c1. The average molecular weight is 219 g/mol. The first-order chi connectivity index (χ1) is 7.92. The average Bonchev–Trinajstić information content (AvgIpc) is 2.31. The third-order valence-corrected chi connectivity index (χ3v) is 3.60. The Balaban J connectivity index is 1.87. The zero-order chi connectivity index (χ0) is 10.8. The van der Waals surface area contributed by atoms with E-state index in [0.717, 1.165) is 39.4 Å². The monoisotopic (exact) mass is 219 g/mol. The maximum atomic E-state index is 5.46. The molecule has 0 atom stereocenters. The molecule has 2 aliphatic rings. The van der Waals surface area contributed by atoms with Crippen molar-refractivity contribution >= 4 is 0 Å². The van der Waals surface area contributed by atoms with Crippen LogP contribution in [0.15, 0.2) is 24.5 Å². The van der Waals surface area contributed by atoms with Crippen LogP contribution in [0.5, 0.6) is 0 Å². The van der Waals surface area contributed by atoms with E-state index in [1.54, 1.807) is 0 Å². The Kier molecular flexibility index (Phi) is 2.63. The molecule has 2 saturated heterocycles. The summed E-state index contributed by atoms with van der Waals surface area (Å²) < 4.78 is 5.46. The van der Waals surface area contributed by atoms with Gasteiger partial charge in [0, 0.05) is 38.6 Å². The lowest BCUT2D eigenvalue weighted by Gasteiger charge is -2.51. The van der Waals surface area contributed by atoms with Crippen LogP contribution in [-0.4, -0.2) is 49.3 Å². The summed E-state index contributed by atoms with van der Waals surface area (Å²) in [7, 11) is 0. The Bertz CT molecular complexity index is 345. The van der Waals surface area contributed by atoms with Crippen molar-refractivity contribution in [3.63, 3.8) is 0 Å². The molecule has 0 bridgehead atoms. The molecule has 16 heavy (non-hydrogen) atoms. The van der Waals surface area contributed by atoms with Gasteiger partial charge in [-0.3, -0.25) is 9.88 Å². The van der Waals surface area contributed by atoms with Gasteiger partial charge in [0.15, 0.2) is 0 Å². The van der Waals surface area contributed by atoms with Gasteiger partial charge < -0.3 is 10.1 Å². The first-order valence-corrected chi connectivity index (χ1v) is 5.86. The second kappa shape index (κ2) is 4.13. The minimum Gasteiger partial charge on any atom is -0.377 e. The number of nitrogens with zero attached hydrogens (tertiary/aromatic N) is 2. The molecule has 1 aromatic heterocycles. The first-order valence-electron chi connectivity index (χ1n) is 5.86. The van der Waals surface area contributed by atoms with Crippen LogP contribution in [0.2, 0.25) is 0 Å². The highest BCUT2D eigenvalue weighted by Crippen LogP contribution is 2.35. The third kappa shape index (κ3) is 1.54. The topological polar surface area (TPSA) is 37.4 Å². The van der Waals surface area contributed by atoms with Crippen LogP contribution in [0.4, 0.5) is 0 Å². The molecule has 3 heterocycles. The van der Waals surface area contributed by atoms with Gasteiger partial charge in [0.25, 0.3) is 0 Å². The lowest BCUT2D eigenvalue weighted by molar-refractivity contribution is -0.149. The van der Waals surface area contributed by atoms with E-state index in [2.05, 4.69) is 21.3 Å². The zero-order valence-corrected chi connectivity index (χ0v) is 9.35. The van der Waals surface area contributed by atoms with Crippen molar-refractivity contribution in [1.29, 1.82) is 0 Å². The fourth-order valence-corrected chi connectivity index (χ4v) is 2.56. The molecule has 0 saturated carbocycles. The highest BCUT2D eigenvalue weighted by Gasteiger charge is 2.45. The Labute approximate surface area is 95.6 Å². The van der Waals surface area contributed by atoms with Crippen LogP contribution in [0.25, 0.3) is 0 Å². The van der Waals surface area contributed by atoms with E-state index in [4.69, 9.17) is 4.74 Å². The minimum absolute atomic E-state index is 0.0936. The molecule has 0 spiro atoms. The Hall–Kier alpha value is -0.970. The second-order valence-corrected chi connectivity index (χ2v) is 4.50. The van der Waals surface area contributed by atoms with Crippen LogP contribution in [0, 0.1) is 0 Å². The smallest absolute Gasteiger partial charge is 0.0949 e. The molecule has 1 aromatic rings. The van der Waals surface area contributed by atoms with E-state index in [1.807, 2.05) is 18.5 Å². The predicted octanol–water partition coefficient (Wildman–Crippen LogP) is 0.212. The second-order valence-electron chi connectivity index (χ2n) is 4.50. The van der Waals surface area contributed by atoms with Crippen LogP contribution < -0.4 is 5.32 Å². The summed E-state index contributed by atoms with van der Waals surface area (Å²) in [6.07, 6.45) is 3.80. The van der Waals surface area contributed by atoms with Crippen LogP contribution in [0.3, 0.4) is 0 Å². The fraction of sp³-hybridized carbons (Fsp3) is 0.583. The van der Waals surface area contributed by atoms with Crippen LogP contribution >= 0.6 is 0 Å². The van der Waals surface area contributed by atoms with E-state index in [1.165, 1.54) is 5.56 Å². The molecule has 4 heteroatoms. The summed E-state index contributed by atoms with van der Waals surface area (Å²) in [5, 5.41) is 3.39. The van der Waals surface area contributed by atoms with Crippen molar-refractivity contribution in [1.82, 2.24) is 15.2 Å². The number of nitrogens with one attached hydrogen (secondary N) is 1. The van der Waals surface area contributed by atoms with Crippen molar-refractivity contribution in [2.75, 3.05) is 39.4 Å². The summed E-state index contributed by atoms with van der Waals surface area (Å²) >= 11 is 0. The normalized spacial score (nSPS) is 25.0. The third-order valence-electron chi connectivity index (χ3n) is 3.60. The molecule has 2 fully saturated rings. The van der Waals surface area contributed by atoms with Gasteiger partial charge in [0.05, 0.1) is 18.8 Å². The molecule has 0 aromatic carbocycles. The number of aromatic nitrogens is 1. The number of rotatable bonds is 2. The summed E-state index contributed by atoms with van der Waals surface area (Å²) in [4.78, 5) is 6.76. The standard InChI is InChI=1S/C12H17N3O/c1-2-11(8-14-3-1)12(9-16-10-12)15-6-4-13-5-7-15/h1-3,8,13H,4-7,9-10H2. The number of ether oxygens (including phenoxy) is 1. The van der Waals surface area contributed by atoms with Gasteiger partial charge in [0.2, 0.25) is 0 Å². The largest absolute Gasteiger partial charge is 0.377 e. The Morgan fingerprint density at radius 3 is 2.69 bits per heavy atom. The summed E-state index contributed by atoms with van der Waals surface area (Å²) in [6, 6.07) is 4.18. The number of hydrogen-bond acceptors (Lipinski definition) is 4. The quantitative estimate of drug-likeness (QED) is 0.771. The molecule has 1 N–H and O–H groups in total. The van der Waals surface area contributed by atoms with Gasteiger partial charge in [-0.2, -0.15) is 0 Å². The van der Waals surface area contributed by atoms with Gasteiger partial charge in [0.1, 0.15) is 0 Å². The molecule has 0 amide bonds. The van der Waals surface area contributed by atoms with Crippen molar-refractivity contribution < 1.29 is 4.74 Å². The van der Waals surface area contributed by atoms with Crippen molar-refractivity contribution in [3.8, 4) is 0 Å². The molecule has 0 radical (unpaired) electrons. The zero-order valence-electron chi connectivity index (χ0n) is 9.35. The van der Waals surface area contributed by atoms with E-state index in [9.17, 15) is 0 Å².